The van der Waals surface area contributed by atoms with E-state index in [0.29, 0.717) is 24.7 Å². The van der Waals surface area contributed by atoms with Crippen LogP contribution < -0.4 is 0 Å². The summed E-state index contributed by atoms with van der Waals surface area (Å²) in [5.74, 6) is -0.666. The highest BCUT2D eigenvalue weighted by Gasteiger charge is 2.69. The molecule has 0 unspecified atom stereocenters. The lowest BCUT2D eigenvalue weighted by Crippen LogP contribution is -2.60. The molecule has 3 fully saturated rings. The molecule has 36 heavy (non-hydrogen) atoms. The van der Waals surface area contributed by atoms with Crippen LogP contribution in [0.2, 0.25) is 0 Å². The predicted octanol–water partition coefficient (Wildman–Crippen LogP) is 2.96. The molecule has 0 spiro atoms. The van der Waals surface area contributed by atoms with E-state index in [4.69, 9.17) is 19.3 Å². The number of esters is 2. The molecule has 0 saturated heterocycles. The highest BCUT2D eigenvalue weighted by molar-refractivity contribution is 6.01. The molecule has 0 aliphatic heterocycles. The minimum absolute atomic E-state index is 0.0414. The first-order valence-corrected chi connectivity index (χ1v) is 13.0. The van der Waals surface area contributed by atoms with E-state index in [1.54, 1.807) is 6.08 Å². The monoisotopic (exact) mass is 502 g/mol. The fourth-order valence-electron chi connectivity index (χ4n) is 8.06. The van der Waals surface area contributed by atoms with Gasteiger partial charge in [0.1, 0.15) is 6.61 Å². The quantitative estimate of drug-likeness (QED) is 0.504. The number of rotatable bonds is 8. The Hall–Kier alpha value is -2.32. The van der Waals surface area contributed by atoms with Gasteiger partial charge in [-0.3, -0.25) is 14.4 Å². The van der Waals surface area contributed by atoms with Crippen molar-refractivity contribution in [1.82, 2.24) is 0 Å². The first-order valence-electron chi connectivity index (χ1n) is 13.0. The van der Waals surface area contributed by atoms with E-state index in [1.807, 2.05) is 13.0 Å². The third-order valence-electron chi connectivity index (χ3n) is 9.68. The van der Waals surface area contributed by atoms with E-state index in [1.165, 1.54) is 12.7 Å². The average molecular weight is 503 g/mol. The summed E-state index contributed by atoms with van der Waals surface area (Å²) >= 11 is 0. The molecular formula is C28H38O8. The number of Topliss-reactive ketones (excluding diaryl/α,β-unsaturated/α-hetero) is 1. The lowest BCUT2D eigenvalue weighted by Gasteiger charge is -2.59. The van der Waals surface area contributed by atoms with Crippen molar-refractivity contribution in [3.05, 3.63) is 23.8 Å². The van der Waals surface area contributed by atoms with E-state index in [9.17, 15) is 19.2 Å². The van der Waals surface area contributed by atoms with Crippen molar-refractivity contribution < 1.29 is 38.5 Å². The zero-order chi connectivity index (χ0) is 26.3. The van der Waals surface area contributed by atoms with Gasteiger partial charge in [0.05, 0.1) is 13.0 Å². The molecule has 0 aromatic heterocycles. The van der Waals surface area contributed by atoms with Gasteiger partial charge in [0.15, 0.2) is 18.0 Å². The summed E-state index contributed by atoms with van der Waals surface area (Å²) in [6.07, 6.45) is 8.88. The smallest absolute Gasteiger partial charge is 0.333 e. The molecule has 0 aromatic carbocycles. The van der Waals surface area contributed by atoms with Gasteiger partial charge in [0, 0.05) is 17.9 Å². The van der Waals surface area contributed by atoms with Crippen LogP contribution in [0.4, 0.5) is 0 Å². The number of aliphatic hydroxyl groups is 1. The highest BCUT2D eigenvalue weighted by atomic mass is 16.6. The lowest BCUT2D eigenvalue weighted by atomic mass is 9.45. The minimum atomic E-state index is -1.41. The molecule has 1 N–H and O–H groups in total. The molecule has 0 aromatic rings. The largest absolute Gasteiger partial charge is 0.457 e. The van der Waals surface area contributed by atoms with Crippen molar-refractivity contribution in [2.24, 2.45) is 34.5 Å². The summed E-state index contributed by atoms with van der Waals surface area (Å²) in [6.45, 7) is 5.31. The summed E-state index contributed by atoms with van der Waals surface area (Å²) in [4.78, 5) is 50.4. The van der Waals surface area contributed by atoms with Crippen LogP contribution in [-0.2, 0) is 33.4 Å². The van der Waals surface area contributed by atoms with E-state index >= 15 is 0 Å². The summed E-state index contributed by atoms with van der Waals surface area (Å²) < 4.78 is 16.1. The molecule has 0 bridgehead atoms. The molecule has 4 aliphatic rings. The molecule has 198 valence electrons. The fourth-order valence-corrected chi connectivity index (χ4v) is 8.06. The van der Waals surface area contributed by atoms with E-state index in [-0.39, 0.29) is 42.7 Å². The second-order valence-electron chi connectivity index (χ2n) is 11.4. The number of hydrogen-bond acceptors (Lipinski definition) is 8. The van der Waals surface area contributed by atoms with Crippen LogP contribution in [0.15, 0.2) is 23.8 Å². The minimum Gasteiger partial charge on any atom is -0.457 e. The summed E-state index contributed by atoms with van der Waals surface area (Å²) in [7, 11) is 1.40. The Bertz CT molecular complexity index is 998. The molecular weight excluding hydrogens is 464 g/mol. The third-order valence-corrected chi connectivity index (χ3v) is 9.68. The molecule has 0 radical (unpaired) electrons. The SMILES string of the molecule is COCC(=O)O[C@]1(C(=O)COC(=O)CCO)CC[C@H]2[C@@H]3C[C@H](C)C4=CC(=O)C=C[C@]4(C)[C@H]3CC[C@@]21C. The number of allylic oxidation sites excluding steroid dienone is 4. The van der Waals surface area contributed by atoms with Crippen LogP contribution in [-0.4, -0.2) is 61.1 Å². The van der Waals surface area contributed by atoms with Gasteiger partial charge in [-0.25, -0.2) is 4.79 Å². The summed E-state index contributed by atoms with van der Waals surface area (Å²) in [5, 5.41) is 8.99. The molecule has 4 rings (SSSR count). The molecule has 0 amide bonds. The summed E-state index contributed by atoms with van der Waals surface area (Å²) in [6, 6.07) is 0. The lowest BCUT2D eigenvalue weighted by molar-refractivity contribution is -0.194. The molecule has 8 nitrogen and oxygen atoms in total. The molecule has 0 heterocycles. The maximum absolute atomic E-state index is 13.7. The molecule has 4 aliphatic carbocycles. The normalized spacial score (nSPS) is 38.9. The predicted molar refractivity (Wildman–Crippen MR) is 130 cm³/mol. The van der Waals surface area contributed by atoms with E-state index < -0.39 is 35.3 Å². The molecule has 3 saturated carbocycles. The van der Waals surface area contributed by atoms with Crippen LogP contribution in [0.1, 0.15) is 59.3 Å². The number of ether oxygens (including phenoxy) is 3. The van der Waals surface area contributed by atoms with Crippen LogP contribution in [0.25, 0.3) is 0 Å². The number of fused-ring (bicyclic) bond motifs is 5. The van der Waals surface area contributed by atoms with Gasteiger partial charge in [0.25, 0.3) is 0 Å². The number of carbonyl (C=O) groups excluding carboxylic acids is 4. The van der Waals surface area contributed by atoms with E-state index in [2.05, 4.69) is 19.9 Å². The van der Waals surface area contributed by atoms with Crippen molar-refractivity contribution in [2.45, 2.75) is 64.9 Å². The first-order chi connectivity index (χ1) is 17.0. The number of carbonyl (C=O) groups is 4. The third kappa shape index (κ3) is 4.16. The van der Waals surface area contributed by atoms with Gasteiger partial charge in [-0.2, -0.15) is 0 Å². The zero-order valence-corrected chi connectivity index (χ0v) is 21.7. The number of hydrogen-bond donors (Lipinski definition) is 1. The van der Waals surface area contributed by atoms with Gasteiger partial charge in [-0.05, 0) is 67.9 Å². The number of methoxy groups -OCH3 is 1. The van der Waals surface area contributed by atoms with Crippen LogP contribution in [0.3, 0.4) is 0 Å². The second-order valence-corrected chi connectivity index (χ2v) is 11.4. The fraction of sp³-hybridized carbons (Fsp3) is 0.714. The zero-order valence-electron chi connectivity index (χ0n) is 21.7. The maximum atomic E-state index is 13.7. The average Bonchev–Trinajstić information content (AvgIpc) is 3.12. The van der Waals surface area contributed by atoms with Gasteiger partial charge in [-0.15, -0.1) is 0 Å². The number of aliphatic hydroxyl groups excluding tert-OH is 1. The maximum Gasteiger partial charge on any atom is 0.333 e. The highest BCUT2D eigenvalue weighted by Crippen LogP contribution is 2.68. The topological polar surface area (TPSA) is 116 Å². The van der Waals surface area contributed by atoms with Gasteiger partial charge in [0.2, 0.25) is 5.78 Å². The van der Waals surface area contributed by atoms with Gasteiger partial charge >= 0.3 is 11.9 Å². The van der Waals surface area contributed by atoms with Crippen molar-refractivity contribution in [3.63, 3.8) is 0 Å². The van der Waals surface area contributed by atoms with Crippen molar-refractivity contribution in [1.29, 1.82) is 0 Å². The van der Waals surface area contributed by atoms with Crippen molar-refractivity contribution in [2.75, 3.05) is 26.9 Å². The Kier molecular flexibility index (Phi) is 7.32. The Morgan fingerprint density at radius 1 is 1.08 bits per heavy atom. The van der Waals surface area contributed by atoms with Crippen LogP contribution in [0.5, 0.6) is 0 Å². The molecule has 8 heteroatoms. The number of ketones is 2. The Labute approximate surface area is 212 Å². The van der Waals surface area contributed by atoms with Crippen LogP contribution in [0, 0.1) is 34.5 Å². The Balaban J connectivity index is 1.66. The Morgan fingerprint density at radius 3 is 2.50 bits per heavy atom. The first kappa shape index (κ1) is 26.7. The summed E-state index contributed by atoms with van der Waals surface area (Å²) in [5.41, 5.74) is -1.04. The second kappa shape index (κ2) is 9.86. The molecule has 7 atom stereocenters. The van der Waals surface area contributed by atoms with Crippen LogP contribution >= 0.6 is 0 Å². The van der Waals surface area contributed by atoms with Gasteiger partial charge < -0.3 is 19.3 Å². The Morgan fingerprint density at radius 2 is 1.81 bits per heavy atom. The van der Waals surface area contributed by atoms with E-state index in [0.717, 1.165) is 19.3 Å². The van der Waals surface area contributed by atoms with Crippen molar-refractivity contribution >= 4 is 23.5 Å². The van der Waals surface area contributed by atoms with Gasteiger partial charge in [-0.1, -0.05) is 32.4 Å². The van der Waals surface area contributed by atoms with Crippen molar-refractivity contribution in [3.8, 4) is 0 Å². The standard InChI is InChI=1S/C28H38O8/c1-17-13-19-20(26(2)9-5-18(30)14-22(17)26)6-10-27(3)21(19)7-11-28(27,36-25(33)16-34-4)23(31)15-35-24(32)8-12-29/h5,9,14,17,19-21,29H,6-8,10-13,15-16H2,1-4H3/t17-,19+,20-,21-,26+,27-,28-/m0/s1.